The molecule has 0 fully saturated rings. The lowest BCUT2D eigenvalue weighted by atomic mass is 9.75. The van der Waals surface area contributed by atoms with Gasteiger partial charge in [0.2, 0.25) is 5.78 Å². The molecule has 2 aromatic rings. The van der Waals surface area contributed by atoms with Gasteiger partial charge in [-0.15, -0.1) is 0 Å². The summed E-state index contributed by atoms with van der Waals surface area (Å²) in [7, 11) is 0. The van der Waals surface area contributed by atoms with Crippen LogP contribution in [0.25, 0.3) is 0 Å². The molecule has 0 unspecified atom stereocenters. The number of benzene rings is 2. The number of ether oxygens (including phenoxy) is 1. The molecule has 124 valence electrons. The predicted molar refractivity (Wildman–Crippen MR) is 88.0 cm³/mol. The molecule has 0 spiro atoms. The first-order valence-electron chi connectivity index (χ1n) is 7.83. The monoisotopic (exact) mass is 335 g/mol. The molecule has 0 aromatic heterocycles. The Kier molecular flexibility index (Phi) is 3.46. The van der Waals surface area contributed by atoms with E-state index in [0.717, 1.165) is 0 Å². The van der Waals surface area contributed by atoms with Crippen LogP contribution < -0.4 is 0 Å². The zero-order valence-corrected chi connectivity index (χ0v) is 13.0. The fourth-order valence-corrected chi connectivity index (χ4v) is 3.49. The SMILES string of the molecule is O=C1C2=C(C(=O)c3ccccc31)[C@H](c1ccccc1)[C@@H]([N+](=O)[O-])CO2. The number of rotatable bonds is 2. The highest BCUT2D eigenvalue weighted by Crippen LogP contribution is 2.41. The van der Waals surface area contributed by atoms with E-state index in [1.807, 2.05) is 0 Å². The van der Waals surface area contributed by atoms with Crippen molar-refractivity contribution in [3.8, 4) is 0 Å². The Balaban J connectivity index is 1.94. The van der Waals surface area contributed by atoms with Crippen LogP contribution in [0, 0.1) is 10.1 Å². The maximum Gasteiger partial charge on any atom is 0.257 e. The molecule has 4 rings (SSSR count). The summed E-state index contributed by atoms with van der Waals surface area (Å²) >= 11 is 0. The third kappa shape index (κ3) is 2.26. The van der Waals surface area contributed by atoms with E-state index < -0.39 is 22.7 Å². The Hall–Kier alpha value is -3.28. The van der Waals surface area contributed by atoms with Crippen LogP contribution in [0.15, 0.2) is 65.9 Å². The summed E-state index contributed by atoms with van der Waals surface area (Å²) in [5.41, 5.74) is 1.25. The van der Waals surface area contributed by atoms with Crippen molar-refractivity contribution in [2.24, 2.45) is 0 Å². The molecule has 1 aliphatic carbocycles. The number of allylic oxidation sites excluding steroid dienone is 1. The van der Waals surface area contributed by atoms with Crippen LogP contribution >= 0.6 is 0 Å². The molecule has 6 heteroatoms. The van der Waals surface area contributed by atoms with Crippen LogP contribution in [0.5, 0.6) is 0 Å². The number of hydrogen-bond donors (Lipinski definition) is 0. The lowest BCUT2D eigenvalue weighted by molar-refractivity contribution is -0.529. The van der Waals surface area contributed by atoms with E-state index in [0.29, 0.717) is 5.56 Å². The van der Waals surface area contributed by atoms with Gasteiger partial charge in [0.25, 0.3) is 6.04 Å². The van der Waals surface area contributed by atoms with Gasteiger partial charge in [-0.3, -0.25) is 19.7 Å². The molecule has 25 heavy (non-hydrogen) atoms. The molecular formula is C19H13NO5. The molecule has 0 saturated carbocycles. The van der Waals surface area contributed by atoms with Crippen LogP contribution in [0.4, 0.5) is 0 Å². The van der Waals surface area contributed by atoms with E-state index in [2.05, 4.69) is 0 Å². The number of carbonyl (C=O) groups excluding carboxylic acids is 2. The first kappa shape index (κ1) is 15.3. The summed E-state index contributed by atoms with van der Waals surface area (Å²) in [6.45, 7) is -0.243. The second-order valence-electron chi connectivity index (χ2n) is 6.00. The van der Waals surface area contributed by atoms with Gasteiger partial charge in [0.15, 0.2) is 18.1 Å². The Morgan fingerprint density at radius 3 is 2.16 bits per heavy atom. The van der Waals surface area contributed by atoms with Crippen molar-refractivity contribution in [2.45, 2.75) is 12.0 Å². The van der Waals surface area contributed by atoms with Gasteiger partial charge in [-0.1, -0.05) is 54.6 Å². The van der Waals surface area contributed by atoms with Crippen LogP contribution in [-0.2, 0) is 4.74 Å². The number of fused-ring (bicyclic) bond motifs is 1. The normalized spacial score (nSPS) is 22.1. The standard InChI is InChI=1S/C19H13NO5/c21-17-12-8-4-5-9-13(12)18(22)19-16(17)15(11-6-2-1-3-7-11)14(10-25-19)20(23)24/h1-9,14-15H,10H2/t14-,15+/m0/s1. The van der Waals surface area contributed by atoms with Gasteiger partial charge in [0.1, 0.15) is 0 Å². The minimum absolute atomic E-state index is 0.0596. The second-order valence-corrected chi connectivity index (χ2v) is 6.00. The van der Waals surface area contributed by atoms with Crippen molar-refractivity contribution in [1.82, 2.24) is 0 Å². The number of Topliss-reactive ketones (excluding diaryl/α,β-unsaturated/α-hetero) is 2. The van der Waals surface area contributed by atoms with Crippen molar-refractivity contribution >= 4 is 11.6 Å². The fourth-order valence-electron chi connectivity index (χ4n) is 3.49. The third-order valence-corrected chi connectivity index (χ3v) is 4.64. The number of hydrogen-bond acceptors (Lipinski definition) is 5. The molecule has 2 atom stereocenters. The zero-order chi connectivity index (χ0) is 17.6. The molecule has 0 bridgehead atoms. The lowest BCUT2D eigenvalue weighted by Crippen LogP contribution is -2.42. The van der Waals surface area contributed by atoms with E-state index in [1.165, 1.54) is 0 Å². The summed E-state index contributed by atoms with van der Waals surface area (Å²) in [4.78, 5) is 36.9. The summed E-state index contributed by atoms with van der Waals surface area (Å²) in [5.74, 6) is -1.65. The molecule has 6 nitrogen and oxygen atoms in total. The molecule has 0 saturated heterocycles. The highest BCUT2D eigenvalue weighted by atomic mass is 16.6. The minimum atomic E-state index is -1.12. The molecule has 1 aliphatic heterocycles. The first-order valence-corrected chi connectivity index (χ1v) is 7.83. The highest BCUT2D eigenvalue weighted by molar-refractivity contribution is 6.26. The van der Waals surface area contributed by atoms with Crippen molar-refractivity contribution in [1.29, 1.82) is 0 Å². The largest absolute Gasteiger partial charge is 0.482 e. The van der Waals surface area contributed by atoms with Crippen LogP contribution in [0.3, 0.4) is 0 Å². The average molecular weight is 335 g/mol. The Labute approximate surface area is 142 Å². The average Bonchev–Trinajstić information content (AvgIpc) is 2.65. The van der Waals surface area contributed by atoms with Crippen molar-refractivity contribution < 1.29 is 19.2 Å². The van der Waals surface area contributed by atoms with Gasteiger partial charge in [-0.25, -0.2) is 0 Å². The van der Waals surface area contributed by atoms with Gasteiger partial charge in [0, 0.05) is 16.1 Å². The first-order chi connectivity index (χ1) is 12.1. The molecule has 2 aliphatic rings. The van der Waals surface area contributed by atoms with E-state index in [9.17, 15) is 19.7 Å². The Morgan fingerprint density at radius 2 is 1.52 bits per heavy atom. The molecule has 0 amide bonds. The highest BCUT2D eigenvalue weighted by Gasteiger charge is 2.48. The summed E-state index contributed by atoms with van der Waals surface area (Å²) in [5, 5.41) is 11.6. The van der Waals surface area contributed by atoms with Gasteiger partial charge in [-0.05, 0) is 5.56 Å². The Bertz CT molecular complexity index is 932. The van der Waals surface area contributed by atoms with Crippen molar-refractivity contribution in [3.05, 3.63) is 92.7 Å². The van der Waals surface area contributed by atoms with Crippen molar-refractivity contribution in [3.63, 3.8) is 0 Å². The third-order valence-electron chi connectivity index (χ3n) is 4.64. The zero-order valence-electron chi connectivity index (χ0n) is 13.0. The van der Waals surface area contributed by atoms with Crippen LogP contribution in [-0.4, -0.2) is 29.1 Å². The summed E-state index contributed by atoms with van der Waals surface area (Å²) in [6.07, 6.45) is 0. The van der Waals surface area contributed by atoms with E-state index in [-0.39, 0.29) is 34.8 Å². The fraction of sp³-hybridized carbons (Fsp3) is 0.158. The summed E-state index contributed by atoms with van der Waals surface area (Å²) < 4.78 is 5.41. The molecular weight excluding hydrogens is 322 g/mol. The number of nitro groups is 1. The smallest absolute Gasteiger partial charge is 0.257 e. The summed E-state index contributed by atoms with van der Waals surface area (Å²) in [6, 6.07) is 14.1. The van der Waals surface area contributed by atoms with Crippen molar-refractivity contribution in [2.75, 3.05) is 6.61 Å². The second kappa shape index (κ2) is 5.66. The number of carbonyl (C=O) groups is 2. The predicted octanol–water partition coefficient (Wildman–Crippen LogP) is 2.78. The number of nitrogens with zero attached hydrogens (tertiary/aromatic N) is 1. The molecule has 0 N–H and O–H groups in total. The maximum absolute atomic E-state index is 13.0. The van der Waals surface area contributed by atoms with Gasteiger partial charge >= 0.3 is 0 Å². The Morgan fingerprint density at radius 1 is 0.920 bits per heavy atom. The van der Waals surface area contributed by atoms with E-state index in [1.54, 1.807) is 54.6 Å². The van der Waals surface area contributed by atoms with E-state index in [4.69, 9.17) is 4.74 Å². The lowest BCUT2D eigenvalue weighted by Gasteiger charge is -2.32. The molecule has 0 radical (unpaired) electrons. The van der Waals surface area contributed by atoms with Crippen LogP contribution in [0.2, 0.25) is 0 Å². The van der Waals surface area contributed by atoms with Crippen LogP contribution in [0.1, 0.15) is 32.2 Å². The number of ketones is 2. The molecule has 1 heterocycles. The van der Waals surface area contributed by atoms with Gasteiger partial charge in [-0.2, -0.15) is 0 Å². The quantitative estimate of drug-likeness (QED) is 0.622. The molecule has 2 aromatic carbocycles. The maximum atomic E-state index is 13.0. The van der Waals surface area contributed by atoms with E-state index >= 15 is 0 Å². The topological polar surface area (TPSA) is 86.5 Å². The van der Waals surface area contributed by atoms with Gasteiger partial charge < -0.3 is 4.74 Å². The minimum Gasteiger partial charge on any atom is -0.482 e. The van der Waals surface area contributed by atoms with Gasteiger partial charge in [0.05, 0.1) is 11.5 Å².